The third-order valence-electron chi connectivity index (χ3n) is 4.72. The van der Waals surface area contributed by atoms with E-state index >= 15 is 0 Å². The molecular formula is C17H22N4O3S2. The second-order valence-electron chi connectivity index (χ2n) is 6.44. The molecule has 0 aromatic heterocycles. The number of thioether (sulfide) groups is 1. The van der Waals surface area contributed by atoms with Crippen LogP contribution in [0, 0.1) is 10.1 Å². The van der Waals surface area contributed by atoms with Crippen LogP contribution in [0.15, 0.2) is 24.3 Å². The molecule has 2 fully saturated rings. The molecule has 7 nitrogen and oxygen atoms in total. The normalized spacial score (nSPS) is 20.2. The summed E-state index contributed by atoms with van der Waals surface area (Å²) in [6.07, 6.45) is 2.00. The van der Waals surface area contributed by atoms with Gasteiger partial charge < -0.3 is 15.1 Å². The number of benzene rings is 1. The molecule has 0 spiro atoms. The molecule has 1 N–H and O–H groups in total. The van der Waals surface area contributed by atoms with Gasteiger partial charge in [-0.2, -0.15) is 0 Å². The van der Waals surface area contributed by atoms with Gasteiger partial charge in [-0.3, -0.25) is 14.9 Å². The molecule has 3 rings (SSSR count). The lowest BCUT2D eigenvalue weighted by Gasteiger charge is -2.37. The van der Waals surface area contributed by atoms with Crippen LogP contribution in [0.4, 0.5) is 5.69 Å². The van der Waals surface area contributed by atoms with Crippen molar-refractivity contribution in [3.8, 4) is 0 Å². The van der Waals surface area contributed by atoms with Crippen LogP contribution in [0.3, 0.4) is 0 Å². The molecule has 26 heavy (non-hydrogen) atoms. The molecule has 1 aromatic carbocycles. The summed E-state index contributed by atoms with van der Waals surface area (Å²) in [4.78, 5) is 26.8. The topological polar surface area (TPSA) is 78.7 Å². The Labute approximate surface area is 162 Å². The molecule has 0 aliphatic carbocycles. The molecule has 2 aliphatic rings. The van der Waals surface area contributed by atoms with Gasteiger partial charge in [0.05, 0.1) is 11.0 Å². The minimum Gasteiger partial charge on any atom is -0.354 e. The van der Waals surface area contributed by atoms with E-state index in [9.17, 15) is 14.9 Å². The van der Waals surface area contributed by atoms with Gasteiger partial charge in [-0.1, -0.05) is 36.1 Å². The highest BCUT2D eigenvalue weighted by atomic mass is 32.2. The molecule has 2 saturated heterocycles. The summed E-state index contributed by atoms with van der Waals surface area (Å²) in [5.74, 6) is 0.897. The second kappa shape index (κ2) is 8.79. The Bertz CT molecular complexity index is 669. The molecular weight excluding hydrogens is 372 g/mol. The van der Waals surface area contributed by atoms with E-state index in [-0.39, 0.29) is 17.6 Å². The van der Waals surface area contributed by atoms with Gasteiger partial charge in [0.1, 0.15) is 4.32 Å². The van der Waals surface area contributed by atoms with Crippen molar-refractivity contribution in [2.75, 3.05) is 32.7 Å². The highest BCUT2D eigenvalue weighted by Gasteiger charge is 2.29. The van der Waals surface area contributed by atoms with Gasteiger partial charge in [0.25, 0.3) is 5.69 Å². The predicted molar refractivity (Wildman–Crippen MR) is 106 cm³/mol. The molecule has 0 saturated carbocycles. The summed E-state index contributed by atoms with van der Waals surface area (Å²) in [6, 6.07) is 6.54. The number of carbonyl (C=O) groups excluding carboxylic acids is 1. The molecule has 140 valence electrons. The van der Waals surface area contributed by atoms with Crippen LogP contribution in [0.1, 0.15) is 18.4 Å². The first-order valence-corrected chi connectivity index (χ1v) is 10.1. The standard InChI is InChI=1S/C17H22N4O3S2/c22-16(15-2-1-7-18-15)19-8-10-20(11-9-19)17(25)26-12-13-3-5-14(6-4-13)21(23)24/h3-6,15,18H,1-2,7-12H2/t15-/m1/s1. The summed E-state index contributed by atoms with van der Waals surface area (Å²) in [5, 5.41) is 13.9. The highest BCUT2D eigenvalue weighted by Crippen LogP contribution is 2.20. The largest absolute Gasteiger partial charge is 0.354 e. The molecule has 2 heterocycles. The van der Waals surface area contributed by atoms with Crippen molar-refractivity contribution in [1.82, 2.24) is 15.1 Å². The second-order valence-corrected chi connectivity index (χ2v) is 8.05. The summed E-state index contributed by atoms with van der Waals surface area (Å²) >= 11 is 7.07. The summed E-state index contributed by atoms with van der Waals surface area (Å²) < 4.78 is 0.814. The Balaban J connectivity index is 1.43. The lowest BCUT2D eigenvalue weighted by atomic mass is 10.2. The Morgan fingerprint density at radius 3 is 2.46 bits per heavy atom. The van der Waals surface area contributed by atoms with Crippen molar-refractivity contribution in [3.63, 3.8) is 0 Å². The lowest BCUT2D eigenvalue weighted by molar-refractivity contribution is -0.384. The van der Waals surface area contributed by atoms with Gasteiger partial charge in [0.2, 0.25) is 5.91 Å². The van der Waals surface area contributed by atoms with Gasteiger partial charge in [-0.05, 0) is 24.9 Å². The van der Waals surface area contributed by atoms with Crippen molar-refractivity contribution < 1.29 is 9.72 Å². The van der Waals surface area contributed by atoms with Crippen LogP contribution in [0.25, 0.3) is 0 Å². The van der Waals surface area contributed by atoms with Crippen LogP contribution < -0.4 is 5.32 Å². The first kappa shape index (κ1) is 19.1. The fourth-order valence-corrected chi connectivity index (χ4v) is 4.38. The smallest absolute Gasteiger partial charge is 0.269 e. The summed E-state index contributed by atoms with van der Waals surface area (Å²) in [6.45, 7) is 3.85. The first-order chi connectivity index (χ1) is 12.5. The van der Waals surface area contributed by atoms with E-state index in [1.54, 1.807) is 23.9 Å². The van der Waals surface area contributed by atoms with Crippen molar-refractivity contribution in [1.29, 1.82) is 0 Å². The summed E-state index contributed by atoms with van der Waals surface area (Å²) in [7, 11) is 0. The maximum Gasteiger partial charge on any atom is 0.269 e. The molecule has 2 aliphatic heterocycles. The van der Waals surface area contributed by atoms with E-state index in [0.717, 1.165) is 42.4 Å². The van der Waals surface area contributed by atoms with Crippen LogP contribution in [0.2, 0.25) is 0 Å². The number of hydrogen-bond acceptors (Lipinski definition) is 6. The van der Waals surface area contributed by atoms with Crippen molar-refractivity contribution in [2.45, 2.75) is 24.6 Å². The SMILES string of the molecule is O=C([C@H]1CCCN1)N1CCN(C(=S)SCc2ccc([N+](=O)[O-])cc2)CC1. The Hall–Kier alpha value is -1.71. The molecule has 1 aromatic rings. The molecule has 0 bridgehead atoms. The van der Waals surface area contributed by atoms with E-state index in [4.69, 9.17) is 12.2 Å². The number of piperazine rings is 1. The zero-order chi connectivity index (χ0) is 18.5. The minimum absolute atomic E-state index is 0.00925. The van der Waals surface area contributed by atoms with Gasteiger partial charge in [-0.25, -0.2) is 0 Å². The first-order valence-electron chi connectivity index (χ1n) is 8.72. The molecule has 1 atom stereocenters. The van der Waals surface area contributed by atoms with Crippen molar-refractivity contribution >= 4 is 39.9 Å². The number of carbonyl (C=O) groups is 1. The van der Waals surface area contributed by atoms with Gasteiger partial charge >= 0.3 is 0 Å². The number of rotatable bonds is 4. The van der Waals surface area contributed by atoms with Crippen LogP contribution in [-0.2, 0) is 10.5 Å². The number of nitrogens with one attached hydrogen (secondary N) is 1. The van der Waals surface area contributed by atoms with E-state index in [0.29, 0.717) is 18.8 Å². The van der Waals surface area contributed by atoms with Gasteiger partial charge in [0.15, 0.2) is 0 Å². The number of amides is 1. The Morgan fingerprint density at radius 2 is 1.88 bits per heavy atom. The maximum absolute atomic E-state index is 12.4. The average molecular weight is 395 g/mol. The Kier molecular flexibility index (Phi) is 6.44. The molecule has 1 amide bonds. The third kappa shape index (κ3) is 4.72. The number of nitro benzene ring substituents is 1. The fraction of sp³-hybridized carbons (Fsp3) is 0.529. The highest BCUT2D eigenvalue weighted by molar-refractivity contribution is 8.22. The minimum atomic E-state index is -0.399. The van der Waals surface area contributed by atoms with Crippen LogP contribution in [0.5, 0.6) is 0 Å². The quantitative estimate of drug-likeness (QED) is 0.475. The van der Waals surface area contributed by atoms with E-state index in [1.165, 1.54) is 12.1 Å². The number of hydrogen-bond donors (Lipinski definition) is 1. The van der Waals surface area contributed by atoms with Crippen molar-refractivity contribution in [2.24, 2.45) is 0 Å². The number of nitrogens with zero attached hydrogens (tertiary/aromatic N) is 3. The zero-order valence-electron chi connectivity index (χ0n) is 14.4. The number of non-ortho nitro benzene ring substituents is 1. The zero-order valence-corrected chi connectivity index (χ0v) is 16.1. The Morgan fingerprint density at radius 1 is 1.23 bits per heavy atom. The molecule has 9 heteroatoms. The van der Waals surface area contributed by atoms with Crippen LogP contribution in [-0.4, -0.2) is 63.7 Å². The van der Waals surface area contributed by atoms with Crippen molar-refractivity contribution in [3.05, 3.63) is 39.9 Å². The number of nitro groups is 1. The van der Waals surface area contributed by atoms with Gasteiger partial charge in [0, 0.05) is 44.1 Å². The molecule has 0 radical (unpaired) electrons. The maximum atomic E-state index is 12.4. The fourth-order valence-electron chi connectivity index (χ4n) is 3.18. The van der Waals surface area contributed by atoms with E-state index in [1.807, 2.05) is 4.90 Å². The lowest BCUT2D eigenvalue weighted by Crippen LogP contribution is -2.53. The van der Waals surface area contributed by atoms with E-state index in [2.05, 4.69) is 10.2 Å². The average Bonchev–Trinajstić information content (AvgIpc) is 3.20. The van der Waals surface area contributed by atoms with Crippen LogP contribution >= 0.6 is 24.0 Å². The monoisotopic (exact) mass is 394 g/mol. The summed E-state index contributed by atoms with van der Waals surface area (Å²) in [5.41, 5.74) is 1.10. The third-order valence-corrected chi connectivity index (χ3v) is 6.31. The predicted octanol–water partition coefficient (Wildman–Crippen LogP) is 2.01. The molecule has 0 unspecified atom stereocenters. The van der Waals surface area contributed by atoms with E-state index < -0.39 is 4.92 Å². The van der Waals surface area contributed by atoms with Gasteiger partial charge in [-0.15, -0.1) is 0 Å². The number of thiocarbonyl (C=S) groups is 1.